The van der Waals surface area contributed by atoms with E-state index in [-0.39, 0.29) is 11.7 Å². The molecule has 0 radical (unpaired) electrons. The van der Waals surface area contributed by atoms with Gasteiger partial charge in [-0.1, -0.05) is 6.92 Å². The number of nitrogens with one attached hydrogen (secondary N) is 2. The maximum atomic E-state index is 12.8. The Morgan fingerprint density at radius 2 is 2.34 bits per heavy atom. The molecule has 1 fully saturated rings. The number of aromatic nitrogens is 1. The standard InChI is InChI=1S/C20H28N4O3S2/c1-14-5-3-8-24(11-14)12-15-13-29-20(21-15)23-18(25)16(7-10-28-2)22-19(26)17-6-4-9-27-17/h4,6,9,13-14,16H,3,5,7-8,10-12H2,1-2H3,(H,22,26)(H,21,23,25)/t14-,16-/m0/s1. The second kappa shape index (κ2) is 10.8. The zero-order valence-corrected chi connectivity index (χ0v) is 18.5. The zero-order chi connectivity index (χ0) is 20.6. The fourth-order valence-electron chi connectivity index (χ4n) is 3.43. The molecule has 9 heteroatoms. The van der Waals surface area contributed by atoms with E-state index >= 15 is 0 Å². The van der Waals surface area contributed by atoms with Crippen molar-refractivity contribution in [3.8, 4) is 0 Å². The molecule has 0 spiro atoms. The summed E-state index contributed by atoms with van der Waals surface area (Å²) in [6, 6.07) is 2.58. The lowest BCUT2D eigenvalue weighted by atomic mass is 10.0. The second-order valence-corrected chi connectivity index (χ2v) is 9.24. The van der Waals surface area contributed by atoms with Crippen molar-refractivity contribution in [2.45, 2.75) is 38.8 Å². The smallest absolute Gasteiger partial charge is 0.287 e. The fraction of sp³-hybridized carbons (Fsp3) is 0.550. The Hall–Kier alpha value is -1.84. The summed E-state index contributed by atoms with van der Waals surface area (Å²) in [4.78, 5) is 32.0. The molecular weight excluding hydrogens is 408 g/mol. The van der Waals surface area contributed by atoms with Gasteiger partial charge in [-0.05, 0) is 55.9 Å². The van der Waals surface area contributed by atoms with Gasteiger partial charge in [0, 0.05) is 18.5 Å². The quantitative estimate of drug-likeness (QED) is 0.626. The van der Waals surface area contributed by atoms with Crippen LogP contribution in [0.25, 0.3) is 0 Å². The molecule has 158 valence electrons. The van der Waals surface area contributed by atoms with Crippen molar-refractivity contribution in [3.05, 3.63) is 35.2 Å². The number of nitrogens with zero attached hydrogens (tertiary/aromatic N) is 2. The number of anilines is 1. The third kappa shape index (κ3) is 6.58. The highest BCUT2D eigenvalue weighted by Crippen LogP contribution is 2.21. The Balaban J connectivity index is 1.57. The van der Waals surface area contributed by atoms with Gasteiger partial charge in [-0.3, -0.25) is 14.5 Å². The lowest BCUT2D eigenvalue weighted by molar-refractivity contribution is -0.118. The Morgan fingerprint density at radius 3 is 3.07 bits per heavy atom. The van der Waals surface area contributed by atoms with Gasteiger partial charge < -0.3 is 15.1 Å². The molecule has 1 saturated heterocycles. The van der Waals surface area contributed by atoms with Gasteiger partial charge in [0.25, 0.3) is 5.91 Å². The highest BCUT2D eigenvalue weighted by Gasteiger charge is 2.23. The van der Waals surface area contributed by atoms with E-state index in [4.69, 9.17) is 4.42 Å². The molecular formula is C20H28N4O3S2. The number of carbonyl (C=O) groups is 2. The number of carbonyl (C=O) groups excluding carboxylic acids is 2. The van der Waals surface area contributed by atoms with E-state index in [2.05, 4.69) is 27.4 Å². The van der Waals surface area contributed by atoms with Gasteiger partial charge in [-0.2, -0.15) is 11.8 Å². The van der Waals surface area contributed by atoms with Crippen molar-refractivity contribution >= 4 is 40.0 Å². The monoisotopic (exact) mass is 436 g/mol. The van der Waals surface area contributed by atoms with Gasteiger partial charge in [0.15, 0.2) is 10.9 Å². The zero-order valence-electron chi connectivity index (χ0n) is 16.8. The molecule has 2 atom stereocenters. The van der Waals surface area contributed by atoms with Crippen molar-refractivity contribution in [1.29, 1.82) is 0 Å². The maximum absolute atomic E-state index is 12.8. The molecule has 3 heterocycles. The fourth-order valence-corrected chi connectivity index (χ4v) is 4.61. The largest absolute Gasteiger partial charge is 0.459 e. The number of hydrogen-bond acceptors (Lipinski definition) is 7. The number of piperidine rings is 1. The Labute approximate surface area is 179 Å². The lowest BCUT2D eigenvalue weighted by Gasteiger charge is -2.30. The van der Waals surface area contributed by atoms with Crippen molar-refractivity contribution < 1.29 is 14.0 Å². The number of amides is 2. The first-order valence-electron chi connectivity index (χ1n) is 9.86. The molecule has 2 N–H and O–H groups in total. The Kier molecular flexibility index (Phi) is 8.14. The predicted molar refractivity (Wildman–Crippen MR) is 117 cm³/mol. The van der Waals surface area contributed by atoms with E-state index in [1.54, 1.807) is 23.9 Å². The number of rotatable bonds is 9. The van der Waals surface area contributed by atoms with Crippen LogP contribution in [0.2, 0.25) is 0 Å². The minimum absolute atomic E-state index is 0.194. The minimum atomic E-state index is -0.643. The summed E-state index contributed by atoms with van der Waals surface area (Å²) >= 11 is 3.05. The van der Waals surface area contributed by atoms with Crippen LogP contribution < -0.4 is 10.6 Å². The van der Waals surface area contributed by atoms with Crippen molar-refractivity contribution in [3.63, 3.8) is 0 Å². The van der Waals surface area contributed by atoms with Crippen LogP contribution in [-0.4, -0.2) is 52.8 Å². The molecule has 0 aromatic carbocycles. The van der Waals surface area contributed by atoms with Crippen molar-refractivity contribution in [2.24, 2.45) is 5.92 Å². The van der Waals surface area contributed by atoms with Crippen LogP contribution >= 0.6 is 23.1 Å². The molecule has 2 aromatic heterocycles. The molecule has 29 heavy (non-hydrogen) atoms. The van der Waals surface area contributed by atoms with E-state index < -0.39 is 11.9 Å². The number of thiazole rings is 1. The van der Waals surface area contributed by atoms with Crippen molar-refractivity contribution in [2.75, 3.05) is 30.4 Å². The highest BCUT2D eigenvalue weighted by molar-refractivity contribution is 7.98. The highest BCUT2D eigenvalue weighted by atomic mass is 32.2. The van der Waals surface area contributed by atoms with Crippen molar-refractivity contribution in [1.82, 2.24) is 15.2 Å². The van der Waals surface area contributed by atoms with Gasteiger partial charge in [0.1, 0.15) is 6.04 Å². The van der Waals surface area contributed by atoms with Gasteiger partial charge in [0.05, 0.1) is 12.0 Å². The Bertz CT molecular complexity index is 794. The summed E-state index contributed by atoms with van der Waals surface area (Å²) in [6.45, 7) is 5.28. The summed E-state index contributed by atoms with van der Waals surface area (Å²) in [5, 5.41) is 8.18. The van der Waals surface area contributed by atoms with Crippen LogP contribution in [0.3, 0.4) is 0 Å². The SMILES string of the molecule is CSCC[C@H](NC(=O)c1ccco1)C(=O)Nc1nc(CN2CCC[C@H](C)C2)cs1. The van der Waals surface area contributed by atoms with E-state index in [1.807, 2.05) is 11.6 Å². The minimum Gasteiger partial charge on any atom is -0.459 e. The van der Waals surface area contributed by atoms with Crippen LogP contribution in [0.5, 0.6) is 0 Å². The summed E-state index contributed by atoms with van der Waals surface area (Å²) in [5.74, 6) is 1.02. The normalized spacial score (nSPS) is 18.3. The van der Waals surface area contributed by atoms with Crippen LogP contribution in [0.15, 0.2) is 28.2 Å². The van der Waals surface area contributed by atoms with Gasteiger partial charge in [0.2, 0.25) is 5.91 Å². The molecule has 0 saturated carbocycles. The molecule has 1 aliphatic rings. The topological polar surface area (TPSA) is 87.5 Å². The van der Waals surface area contributed by atoms with Crippen LogP contribution in [-0.2, 0) is 11.3 Å². The summed E-state index contributed by atoms with van der Waals surface area (Å²) in [7, 11) is 0. The third-order valence-corrected chi connectivity index (χ3v) is 6.34. The second-order valence-electron chi connectivity index (χ2n) is 7.40. The van der Waals surface area contributed by atoms with Crippen LogP contribution in [0.1, 0.15) is 42.4 Å². The number of likely N-dealkylation sites (tertiary alicyclic amines) is 1. The maximum Gasteiger partial charge on any atom is 0.287 e. The van der Waals surface area contributed by atoms with E-state index in [0.29, 0.717) is 11.6 Å². The summed E-state index contributed by atoms with van der Waals surface area (Å²) < 4.78 is 5.12. The average Bonchev–Trinajstić information content (AvgIpc) is 3.37. The first kappa shape index (κ1) is 21.9. The van der Waals surface area contributed by atoms with Gasteiger partial charge in [-0.25, -0.2) is 4.98 Å². The molecule has 3 rings (SSSR count). The van der Waals surface area contributed by atoms with E-state index in [1.165, 1.54) is 30.4 Å². The number of furan rings is 1. The number of thioether (sulfide) groups is 1. The Morgan fingerprint density at radius 1 is 1.48 bits per heavy atom. The summed E-state index contributed by atoms with van der Waals surface area (Å²) in [5.41, 5.74) is 0.972. The average molecular weight is 437 g/mol. The first-order chi connectivity index (χ1) is 14.0. The third-order valence-electron chi connectivity index (χ3n) is 4.89. The molecule has 2 aromatic rings. The van der Waals surface area contributed by atoms with E-state index in [0.717, 1.165) is 37.0 Å². The number of hydrogen-bond donors (Lipinski definition) is 2. The predicted octanol–water partition coefficient (Wildman–Crippen LogP) is 3.46. The molecule has 1 aliphatic heterocycles. The van der Waals surface area contributed by atoms with Gasteiger partial charge >= 0.3 is 0 Å². The van der Waals surface area contributed by atoms with E-state index in [9.17, 15) is 9.59 Å². The molecule has 7 nitrogen and oxygen atoms in total. The first-order valence-corrected chi connectivity index (χ1v) is 12.1. The lowest BCUT2D eigenvalue weighted by Crippen LogP contribution is -2.44. The molecule has 0 bridgehead atoms. The van der Waals surface area contributed by atoms with Crippen LogP contribution in [0, 0.1) is 5.92 Å². The van der Waals surface area contributed by atoms with Crippen LogP contribution in [0.4, 0.5) is 5.13 Å². The molecule has 2 amide bonds. The molecule has 0 unspecified atom stereocenters. The van der Waals surface area contributed by atoms with Gasteiger partial charge in [-0.15, -0.1) is 11.3 Å². The molecule has 0 aliphatic carbocycles. The summed E-state index contributed by atoms with van der Waals surface area (Å²) in [6.07, 6.45) is 6.45.